The lowest BCUT2D eigenvalue weighted by molar-refractivity contribution is 0.496. The lowest BCUT2D eigenvalue weighted by Crippen LogP contribution is -2.33. The lowest BCUT2D eigenvalue weighted by Gasteiger charge is -2.22. The summed E-state index contributed by atoms with van der Waals surface area (Å²) in [6, 6.07) is 5.78. The first-order valence-electron chi connectivity index (χ1n) is 5.51. The maximum Gasteiger partial charge on any atom is 0.128 e. The van der Waals surface area contributed by atoms with Crippen LogP contribution in [0.3, 0.4) is 0 Å². The summed E-state index contributed by atoms with van der Waals surface area (Å²) in [5, 5.41) is 3.42. The summed E-state index contributed by atoms with van der Waals surface area (Å²) in [5.74, 6) is 2.29. The maximum absolute atomic E-state index is 13.5. The quantitative estimate of drug-likeness (QED) is 0.916. The van der Waals surface area contributed by atoms with Crippen LogP contribution in [-0.2, 0) is 6.54 Å². The van der Waals surface area contributed by atoms with E-state index in [1.165, 1.54) is 24.7 Å². The summed E-state index contributed by atoms with van der Waals surface area (Å²) >= 11 is 5.24. The fraction of sp³-hybridized carbons (Fsp3) is 0.500. The summed E-state index contributed by atoms with van der Waals surface area (Å²) < 4.78 is 14.3. The van der Waals surface area contributed by atoms with Crippen LogP contribution < -0.4 is 5.32 Å². The second-order valence-corrected chi connectivity index (χ2v) is 6.10. The van der Waals surface area contributed by atoms with Crippen LogP contribution in [0.1, 0.15) is 18.4 Å². The first-order chi connectivity index (χ1) is 7.75. The summed E-state index contributed by atoms with van der Waals surface area (Å²) in [6.45, 7) is 0.629. The highest BCUT2D eigenvalue weighted by Crippen LogP contribution is 2.19. The first kappa shape index (κ1) is 12.4. The molecule has 1 saturated heterocycles. The van der Waals surface area contributed by atoms with Gasteiger partial charge in [-0.2, -0.15) is 11.8 Å². The number of benzene rings is 1. The topological polar surface area (TPSA) is 12.0 Å². The van der Waals surface area contributed by atoms with Gasteiger partial charge in [-0.05, 0) is 30.7 Å². The Bertz CT molecular complexity index is 353. The minimum absolute atomic E-state index is 0.134. The molecule has 4 heteroatoms. The van der Waals surface area contributed by atoms with Crippen molar-refractivity contribution >= 4 is 27.7 Å². The van der Waals surface area contributed by atoms with E-state index < -0.39 is 0 Å². The summed E-state index contributed by atoms with van der Waals surface area (Å²) in [7, 11) is 0. The highest BCUT2D eigenvalue weighted by Gasteiger charge is 2.13. The zero-order chi connectivity index (χ0) is 11.4. The molecule has 0 radical (unpaired) electrons. The van der Waals surface area contributed by atoms with E-state index in [-0.39, 0.29) is 5.82 Å². The van der Waals surface area contributed by atoms with Gasteiger partial charge in [-0.3, -0.25) is 0 Å². The van der Waals surface area contributed by atoms with Crippen LogP contribution in [0.25, 0.3) is 0 Å². The SMILES string of the molecule is Fc1cc(Br)ccc1CNC1CCCSC1. The van der Waals surface area contributed by atoms with Gasteiger partial charge in [0.15, 0.2) is 0 Å². The molecule has 0 bridgehead atoms. The van der Waals surface area contributed by atoms with Gasteiger partial charge in [0.05, 0.1) is 0 Å². The Hall–Kier alpha value is -0.0600. The van der Waals surface area contributed by atoms with Crippen molar-refractivity contribution in [3.8, 4) is 0 Å². The molecule has 2 rings (SSSR count). The summed E-state index contributed by atoms with van der Waals surface area (Å²) in [5.41, 5.74) is 0.749. The van der Waals surface area contributed by atoms with Crippen LogP contribution in [0.15, 0.2) is 22.7 Å². The van der Waals surface area contributed by atoms with Crippen LogP contribution in [0.4, 0.5) is 4.39 Å². The second kappa shape index (κ2) is 6.03. The summed E-state index contributed by atoms with van der Waals surface area (Å²) in [6.07, 6.45) is 2.48. The van der Waals surface area contributed by atoms with Gasteiger partial charge in [-0.1, -0.05) is 22.0 Å². The van der Waals surface area contributed by atoms with Gasteiger partial charge >= 0.3 is 0 Å². The Morgan fingerprint density at radius 3 is 3.06 bits per heavy atom. The highest BCUT2D eigenvalue weighted by atomic mass is 79.9. The van der Waals surface area contributed by atoms with Crippen molar-refractivity contribution in [3.05, 3.63) is 34.1 Å². The third-order valence-corrected chi connectivity index (χ3v) is 4.47. The van der Waals surface area contributed by atoms with E-state index in [0.29, 0.717) is 12.6 Å². The van der Waals surface area contributed by atoms with Gasteiger partial charge in [0.25, 0.3) is 0 Å². The molecule has 0 aliphatic carbocycles. The fourth-order valence-electron chi connectivity index (χ4n) is 1.82. The number of thioether (sulfide) groups is 1. The van der Waals surface area contributed by atoms with Gasteiger partial charge in [-0.25, -0.2) is 4.39 Å². The number of rotatable bonds is 3. The van der Waals surface area contributed by atoms with E-state index in [1.807, 2.05) is 23.9 Å². The Balaban J connectivity index is 1.88. The van der Waals surface area contributed by atoms with Crippen LogP contribution in [0.2, 0.25) is 0 Å². The van der Waals surface area contributed by atoms with E-state index in [0.717, 1.165) is 15.8 Å². The molecule has 1 fully saturated rings. The van der Waals surface area contributed by atoms with Crippen molar-refractivity contribution in [2.24, 2.45) is 0 Å². The second-order valence-electron chi connectivity index (χ2n) is 4.03. The Labute approximate surface area is 108 Å². The number of hydrogen-bond donors (Lipinski definition) is 1. The molecule has 88 valence electrons. The largest absolute Gasteiger partial charge is 0.309 e. The molecular formula is C12H15BrFNS. The maximum atomic E-state index is 13.5. The molecule has 1 aromatic rings. The molecule has 0 amide bonds. The third kappa shape index (κ3) is 3.47. The monoisotopic (exact) mass is 303 g/mol. The van der Waals surface area contributed by atoms with Gasteiger partial charge in [0, 0.05) is 28.4 Å². The molecule has 0 spiro atoms. The predicted molar refractivity (Wildman–Crippen MR) is 71.3 cm³/mol. The minimum Gasteiger partial charge on any atom is -0.309 e. The number of nitrogens with one attached hydrogen (secondary N) is 1. The van der Waals surface area contributed by atoms with E-state index in [2.05, 4.69) is 21.2 Å². The molecule has 1 N–H and O–H groups in total. The zero-order valence-electron chi connectivity index (χ0n) is 9.01. The minimum atomic E-state index is -0.134. The summed E-state index contributed by atoms with van der Waals surface area (Å²) in [4.78, 5) is 0. The standard InChI is InChI=1S/C12H15BrFNS/c13-10-4-3-9(12(14)6-10)7-15-11-2-1-5-16-8-11/h3-4,6,11,15H,1-2,5,7-8H2. The molecule has 1 nitrogen and oxygen atoms in total. The van der Waals surface area contributed by atoms with Crippen molar-refractivity contribution in [2.75, 3.05) is 11.5 Å². The Kier molecular flexibility index (Phi) is 4.67. The first-order valence-corrected chi connectivity index (χ1v) is 7.45. The average molecular weight is 304 g/mol. The zero-order valence-corrected chi connectivity index (χ0v) is 11.4. The predicted octanol–water partition coefficient (Wildman–Crippen LogP) is 3.57. The van der Waals surface area contributed by atoms with E-state index >= 15 is 0 Å². The van der Waals surface area contributed by atoms with Gasteiger partial charge < -0.3 is 5.32 Å². The average Bonchev–Trinajstić information content (AvgIpc) is 2.29. The number of hydrogen-bond acceptors (Lipinski definition) is 2. The smallest absolute Gasteiger partial charge is 0.128 e. The molecular weight excluding hydrogens is 289 g/mol. The van der Waals surface area contributed by atoms with Crippen LogP contribution in [-0.4, -0.2) is 17.5 Å². The van der Waals surface area contributed by atoms with E-state index in [1.54, 1.807) is 0 Å². The van der Waals surface area contributed by atoms with Crippen LogP contribution in [0.5, 0.6) is 0 Å². The molecule has 1 atom stereocenters. The van der Waals surface area contributed by atoms with E-state index in [9.17, 15) is 4.39 Å². The molecule has 1 unspecified atom stereocenters. The van der Waals surface area contributed by atoms with Crippen molar-refractivity contribution < 1.29 is 4.39 Å². The molecule has 1 aliphatic rings. The van der Waals surface area contributed by atoms with Crippen molar-refractivity contribution in [1.82, 2.24) is 5.32 Å². The van der Waals surface area contributed by atoms with Crippen molar-refractivity contribution in [3.63, 3.8) is 0 Å². The molecule has 0 aromatic heterocycles. The molecule has 1 aromatic carbocycles. The molecule has 0 saturated carbocycles. The van der Waals surface area contributed by atoms with Gasteiger partial charge in [0.1, 0.15) is 5.82 Å². The van der Waals surface area contributed by atoms with Crippen molar-refractivity contribution in [1.29, 1.82) is 0 Å². The van der Waals surface area contributed by atoms with Crippen LogP contribution in [0, 0.1) is 5.82 Å². The normalized spacial score (nSPS) is 21.0. The van der Waals surface area contributed by atoms with Gasteiger partial charge in [-0.15, -0.1) is 0 Å². The number of halogens is 2. The molecule has 1 aliphatic heterocycles. The Morgan fingerprint density at radius 1 is 1.50 bits per heavy atom. The molecule has 1 heterocycles. The van der Waals surface area contributed by atoms with Gasteiger partial charge in [0.2, 0.25) is 0 Å². The molecule has 16 heavy (non-hydrogen) atoms. The Morgan fingerprint density at radius 2 is 2.38 bits per heavy atom. The third-order valence-electron chi connectivity index (χ3n) is 2.76. The lowest BCUT2D eigenvalue weighted by atomic mass is 10.1. The van der Waals surface area contributed by atoms with Crippen LogP contribution >= 0.6 is 27.7 Å². The highest BCUT2D eigenvalue weighted by molar-refractivity contribution is 9.10. The van der Waals surface area contributed by atoms with E-state index in [4.69, 9.17) is 0 Å². The van der Waals surface area contributed by atoms with Crippen molar-refractivity contribution in [2.45, 2.75) is 25.4 Å². The fourth-order valence-corrected chi connectivity index (χ4v) is 3.26.